The molecule has 1 aliphatic rings. The van der Waals surface area contributed by atoms with Crippen molar-refractivity contribution in [2.45, 2.75) is 32.4 Å². The largest absolute Gasteiger partial charge is 0.352 e. The number of nitrogens with zero attached hydrogens (tertiary/aromatic N) is 3. The number of anilines is 1. The first-order chi connectivity index (χ1) is 16.9. The highest BCUT2D eigenvalue weighted by molar-refractivity contribution is 7.80. The van der Waals surface area contributed by atoms with Crippen LogP contribution in [-0.2, 0) is 11.8 Å². The molecule has 4 aromatic rings. The van der Waals surface area contributed by atoms with Gasteiger partial charge in [-0.1, -0.05) is 42.5 Å². The summed E-state index contributed by atoms with van der Waals surface area (Å²) in [6.07, 6.45) is 2.13. The third-order valence-electron chi connectivity index (χ3n) is 6.97. The molecule has 1 fully saturated rings. The van der Waals surface area contributed by atoms with E-state index in [2.05, 4.69) is 52.0 Å². The van der Waals surface area contributed by atoms with Crippen molar-refractivity contribution in [1.82, 2.24) is 19.8 Å². The van der Waals surface area contributed by atoms with Crippen LogP contribution in [0.5, 0.6) is 0 Å². The van der Waals surface area contributed by atoms with Crippen LogP contribution in [0.25, 0.3) is 10.8 Å². The van der Waals surface area contributed by atoms with Gasteiger partial charge in [0.15, 0.2) is 5.11 Å². The lowest BCUT2D eigenvalue weighted by atomic mass is 9.96. The Morgan fingerprint density at radius 1 is 1.09 bits per heavy atom. The maximum atomic E-state index is 13.0. The zero-order valence-corrected chi connectivity index (χ0v) is 21.0. The molecular weight excluding hydrogens is 454 g/mol. The van der Waals surface area contributed by atoms with Crippen LogP contribution < -0.4 is 10.6 Å². The van der Waals surface area contributed by atoms with E-state index in [-0.39, 0.29) is 18.0 Å². The SMILES string of the molecule is Cc1cc([C@@H]2[C@@H](c3ccccn3)NC(=S)N2CCC(=O)Nc2cccc3ccccc23)c(C)n1C. The molecule has 35 heavy (non-hydrogen) atoms. The first-order valence-electron chi connectivity index (χ1n) is 11.8. The van der Waals surface area contributed by atoms with E-state index in [1.54, 1.807) is 6.20 Å². The molecule has 0 radical (unpaired) electrons. The molecule has 0 saturated carbocycles. The van der Waals surface area contributed by atoms with Gasteiger partial charge in [0.25, 0.3) is 0 Å². The van der Waals surface area contributed by atoms with Crippen LogP contribution in [0.4, 0.5) is 5.69 Å². The molecule has 0 aliphatic carbocycles. The first kappa shape index (κ1) is 23.1. The van der Waals surface area contributed by atoms with E-state index < -0.39 is 0 Å². The number of amides is 1. The highest BCUT2D eigenvalue weighted by atomic mass is 32.1. The Balaban J connectivity index is 1.39. The van der Waals surface area contributed by atoms with Gasteiger partial charge in [-0.2, -0.15) is 0 Å². The molecule has 1 saturated heterocycles. The fraction of sp³-hybridized carbons (Fsp3) is 0.250. The van der Waals surface area contributed by atoms with E-state index in [4.69, 9.17) is 12.2 Å². The van der Waals surface area contributed by atoms with Gasteiger partial charge in [-0.25, -0.2) is 0 Å². The molecule has 1 amide bonds. The minimum Gasteiger partial charge on any atom is -0.352 e. The Hall–Kier alpha value is -3.71. The van der Waals surface area contributed by atoms with Crippen molar-refractivity contribution >= 4 is 39.7 Å². The second-order valence-electron chi connectivity index (χ2n) is 9.03. The van der Waals surface area contributed by atoms with E-state index in [0.717, 1.165) is 22.2 Å². The molecule has 6 nitrogen and oxygen atoms in total. The maximum Gasteiger partial charge on any atom is 0.226 e. The van der Waals surface area contributed by atoms with E-state index in [0.29, 0.717) is 18.1 Å². The number of aromatic nitrogens is 2. The van der Waals surface area contributed by atoms with Crippen LogP contribution in [-0.4, -0.2) is 32.0 Å². The lowest BCUT2D eigenvalue weighted by Gasteiger charge is -2.28. The van der Waals surface area contributed by atoms with Crippen LogP contribution in [0, 0.1) is 13.8 Å². The van der Waals surface area contributed by atoms with E-state index in [1.165, 1.54) is 17.0 Å². The second-order valence-corrected chi connectivity index (χ2v) is 9.42. The van der Waals surface area contributed by atoms with Crippen LogP contribution in [0.1, 0.15) is 41.1 Å². The van der Waals surface area contributed by atoms with Gasteiger partial charge in [0.2, 0.25) is 5.91 Å². The van der Waals surface area contributed by atoms with Gasteiger partial charge in [-0.15, -0.1) is 0 Å². The van der Waals surface area contributed by atoms with Crippen molar-refractivity contribution in [2.24, 2.45) is 7.05 Å². The van der Waals surface area contributed by atoms with Crippen molar-refractivity contribution in [3.05, 3.63) is 95.6 Å². The van der Waals surface area contributed by atoms with Gasteiger partial charge in [0.05, 0.1) is 17.8 Å². The molecule has 1 aliphatic heterocycles. The summed E-state index contributed by atoms with van der Waals surface area (Å²) < 4.78 is 2.19. The zero-order chi connectivity index (χ0) is 24.5. The lowest BCUT2D eigenvalue weighted by molar-refractivity contribution is -0.116. The van der Waals surface area contributed by atoms with Gasteiger partial charge in [-0.05, 0) is 61.3 Å². The number of benzene rings is 2. The highest BCUT2D eigenvalue weighted by Gasteiger charge is 2.41. The number of carbonyl (C=O) groups excluding carboxylic acids is 1. The van der Waals surface area contributed by atoms with Gasteiger partial charge in [0, 0.05) is 48.7 Å². The molecule has 3 heterocycles. The topological polar surface area (TPSA) is 62.2 Å². The van der Waals surface area contributed by atoms with Crippen LogP contribution in [0.3, 0.4) is 0 Å². The Morgan fingerprint density at radius 2 is 1.86 bits per heavy atom. The number of hydrogen-bond donors (Lipinski definition) is 2. The van der Waals surface area contributed by atoms with Crippen molar-refractivity contribution in [2.75, 3.05) is 11.9 Å². The lowest BCUT2D eigenvalue weighted by Crippen LogP contribution is -2.32. The summed E-state index contributed by atoms with van der Waals surface area (Å²) in [4.78, 5) is 19.8. The fourth-order valence-electron chi connectivity index (χ4n) is 4.94. The molecular formula is C28H29N5OS. The van der Waals surface area contributed by atoms with E-state index >= 15 is 0 Å². The standard InChI is InChI=1S/C28H29N5OS/c1-18-17-22(19(2)32(18)3)27-26(24-12-6-7-15-29-24)31-28(35)33(27)16-14-25(34)30-23-13-8-10-20-9-4-5-11-21(20)23/h4-13,15,17,26-27H,14,16H2,1-3H3,(H,30,34)(H,31,35)/t26-,27-/m1/s1. The third-order valence-corrected chi connectivity index (χ3v) is 7.33. The number of rotatable bonds is 6. The number of pyridine rings is 1. The van der Waals surface area contributed by atoms with Gasteiger partial charge in [0.1, 0.15) is 0 Å². The zero-order valence-electron chi connectivity index (χ0n) is 20.2. The van der Waals surface area contributed by atoms with E-state index in [1.807, 2.05) is 60.7 Å². The molecule has 2 atom stereocenters. The molecule has 0 spiro atoms. The molecule has 0 unspecified atom stereocenters. The Morgan fingerprint density at radius 3 is 2.60 bits per heavy atom. The average Bonchev–Trinajstić information content (AvgIpc) is 3.33. The smallest absolute Gasteiger partial charge is 0.226 e. The molecule has 178 valence electrons. The Labute approximate surface area is 211 Å². The number of aryl methyl sites for hydroxylation is 1. The van der Waals surface area contributed by atoms with Crippen molar-refractivity contribution < 1.29 is 4.79 Å². The van der Waals surface area contributed by atoms with E-state index in [9.17, 15) is 4.79 Å². The second kappa shape index (κ2) is 9.50. The predicted molar refractivity (Wildman–Crippen MR) is 144 cm³/mol. The number of fused-ring (bicyclic) bond motifs is 1. The summed E-state index contributed by atoms with van der Waals surface area (Å²) in [7, 11) is 2.08. The number of nitrogens with one attached hydrogen (secondary N) is 2. The third kappa shape index (κ3) is 4.39. The van der Waals surface area contributed by atoms with Gasteiger partial charge < -0.3 is 20.1 Å². The van der Waals surface area contributed by atoms with Crippen molar-refractivity contribution in [3.8, 4) is 0 Å². The Bertz CT molecular complexity index is 1390. The molecule has 2 aromatic heterocycles. The number of hydrogen-bond acceptors (Lipinski definition) is 3. The summed E-state index contributed by atoms with van der Waals surface area (Å²) in [5.41, 5.74) is 5.33. The Kier molecular flexibility index (Phi) is 6.26. The summed E-state index contributed by atoms with van der Waals surface area (Å²) in [6.45, 7) is 4.74. The van der Waals surface area contributed by atoms with Crippen LogP contribution >= 0.6 is 12.2 Å². The predicted octanol–water partition coefficient (Wildman–Crippen LogP) is 5.19. The van der Waals surface area contributed by atoms with Gasteiger partial charge >= 0.3 is 0 Å². The number of carbonyl (C=O) groups is 1. The molecule has 5 rings (SSSR count). The first-order valence-corrected chi connectivity index (χ1v) is 12.2. The summed E-state index contributed by atoms with van der Waals surface area (Å²) in [5.74, 6) is -0.0369. The highest BCUT2D eigenvalue weighted by Crippen LogP contribution is 2.40. The minimum atomic E-state index is -0.0923. The number of thiocarbonyl (C=S) groups is 1. The molecule has 7 heteroatoms. The average molecular weight is 484 g/mol. The summed E-state index contributed by atoms with van der Waals surface area (Å²) >= 11 is 5.77. The monoisotopic (exact) mass is 483 g/mol. The molecule has 2 N–H and O–H groups in total. The minimum absolute atomic E-state index is 0.0369. The van der Waals surface area contributed by atoms with Crippen molar-refractivity contribution in [1.29, 1.82) is 0 Å². The van der Waals surface area contributed by atoms with Gasteiger partial charge in [-0.3, -0.25) is 9.78 Å². The fourth-order valence-corrected chi connectivity index (χ4v) is 5.27. The van der Waals surface area contributed by atoms with Crippen LogP contribution in [0.2, 0.25) is 0 Å². The normalized spacial score (nSPS) is 17.6. The maximum absolute atomic E-state index is 13.0. The van der Waals surface area contributed by atoms with Crippen molar-refractivity contribution in [3.63, 3.8) is 0 Å². The van der Waals surface area contributed by atoms with Crippen LogP contribution in [0.15, 0.2) is 72.9 Å². The summed E-state index contributed by atoms with van der Waals surface area (Å²) in [6, 6.07) is 22.0. The molecule has 0 bridgehead atoms. The summed E-state index contributed by atoms with van der Waals surface area (Å²) in [5, 5.41) is 9.35. The quantitative estimate of drug-likeness (QED) is 0.370. The molecule has 2 aromatic carbocycles.